The minimum atomic E-state index is 0.159. The molecule has 0 radical (unpaired) electrons. The molecule has 5 heteroatoms. The number of rotatable bonds is 5. The van der Waals surface area contributed by atoms with Gasteiger partial charge in [0.1, 0.15) is 28.7 Å². The van der Waals surface area contributed by atoms with E-state index in [2.05, 4.69) is 18.0 Å². The minimum absolute atomic E-state index is 0.159. The Morgan fingerprint density at radius 1 is 1.36 bits per heavy atom. The Morgan fingerprint density at radius 3 is 2.93 bits per heavy atom. The van der Waals surface area contributed by atoms with E-state index in [1.54, 1.807) is 0 Å². The van der Waals surface area contributed by atoms with Crippen molar-refractivity contribution in [2.75, 3.05) is 6.61 Å². The zero-order valence-corrected chi connectivity index (χ0v) is 16.6. The normalized spacial score (nSPS) is 15.6. The second-order valence-corrected chi connectivity index (χ2v) is 7.50. The maximum Gasteiger partial charge on any atom is 0.134 e. The number of nitriles is 1. The molecule has 0 aliphatic carbocycles. The van der Waals surface area contributed by atoms with Crippen molar-refractivity contribution in [2.24, 2.45) is 0 Å². The fourth-order valence-electron chi connectivity index (χ4n) is 3.28. The third-order valence-corrected chi connectivity index (χ3v) is 5.43. The van der Waals surface area contributed by atoms with Crippen LogP contribution in [0.25, 0.3) is 22.9 Å². The lowest BCUT2D eigenvalue weighted by atomic mass is 10.0. The van der Waals surface area contributed by atoms with Gasteiger partial charge in [-0.15, -0.1) is 11.3 Å². The molecule has 0 saturated heterocycles. The average Bonchev–Trinajstić information content (AvgIpc) is 3.33. The Labute approximate surface area is 168 Å². The minimum Gasteiger partial charge on any atom is -0.493 e. The number of thiazole rings is 1. The molecule has 0 saturated carbocycles. The predicted molar refractivity (Wildman–Crippen MR) is 112 cm³/mol. The third kappa shape index (κ3) is 3.64. The van der Waals surface area contributed by atoms with Crippen molar-refractivity contribution in [1.82, 2.24) is 4.98 Å². The molecule has 3 aromatic rings. The van der Waals surface area contributed by atoms with Crippen LogP contribution in [0.15, 0.2) is 47.8 Å². The van der Waals surface area contributed by atoms with Crippen LogP contribution in [-0.2, 0) is 6.42 Å². The Kier molecular flexibility index (Phi) is 5.14. The van der Waals surface area contributed by atoms with Crippen LogP contribution in [0.3, 0.4) is 0 Å². The van der Waals surface area contributed by atoms with Crippen molar-refractivity contribution in [3.05, 3.63) is 64.0 Å². The van der Waals surface area contributed by atoms with Crippen molar-refractivity contribution in [2.45, 2.75) is 26.4 Å². The third-order valence-electron chi connectivity index (χ3n) is 4.55. The van der Waals surface area contributed by atoms with Gasteiger partial charge in [-0.25, -0.2) is 4.98 Å². The highest BCUT2D eigenvalue weighted by atomic mass is 32.1. The summed E-state index contributed by atoms with van der Waals surface area (Å²) in [4.78, 5) is 4.66. The van der Waals surface area contributed by atoms with Crippen LogP contribution in [-0.4, -0.2) is 17.7 Å². The van der Waals surface area contributed by atoms with E-state index in [9.17, 15) is 5.26 Å². The monoisotopic (exact) mass is 388 g/mol. The summed E-state index contributed by atoms with van der Waals surface area (Å²) in [6, 6.07) is 16.3. The van der Waals surface area contributed by atoms with Gasteiger partial charge in [0.05, 0.1) is 17.9 Å². The molecule has 0 bridgehead atoms. The number of nitrogens with zero attached hydrogens (tertiary/aromatic N) is 2. The van der Waals surface area contributed by atoms with E-state index in [-0.39, 0.29) is 6.10 Å². The van der Waals surface area contributed by atoms with Gasteiger partial charge in [0.15, 0.2) is 0 Å². The van der Waals surface area contributed by atoms with Gasteiger partial charge in [-0.1, -0.05) is 30.3 Å². The van der Waals surface area contributed by atoms with Crippen LogP contribution in [0.1, 0.15) is 30.0 Å². The molecule has 0 N–H and O–H groups in total. The molecule has 4 nitrogen and oxygen atoms in total. The summed E-state index contributed by atoms with van der Waals surface area (Å²) in [5.41, 5.74) is 4.41. The van der Waals surface area contributed by atoms with Gasteiger partial charge in [0, 0.05) is 28.5 Å². The molecule has 1 aromatic heterocycles. The maximum absolute atomic E-state index is 9.75. The molecule has 140 valence electrons. The quantitative estimate of drug-likeness (QED) is 0.534. The van der Waals surface area contributed by atoms with Crippen LogP contribution in [0, 0.1) is 11.3 Å². The summed E-state index contributed by atoms with van der Waals surface area (Å²) in [6.07, 6.45) is 2.87. The Hall–Kier alpha value is -3.10. The van der Waals surface area contributed by atoms with E-state index < -0.39 is 0 Å². The van der Waals surface area contributed by atoms with E-state index in [4.69, 9.17) is 9.47 Å². The van der Waals surface area contributed by atoms with Crippen LogP contribution < -0.4 is 9.47 Å². The van der Waals surface area contributed by atoms with Crippen molar-refractivity contribution < 1.29 is 9.47 Å². The largest absolute Gasteiger partial charge is 0.493 e. The van der Waals surface area contributed by atoms with Crippen LogP contribution in [0.5, 0.6) is 11.5 Å². The first-order valence-electron chi connectivity index (χ1n) is 9.27. The van der Waals surface area contributed by atoms with Gasteiger partial charge >= 0.3 is 0 Å². The first-order valence-corrected chi connectivity index (χ1v) is 10.2. The first kappa shape index (κ1) is 18.3. The van der Waals surface area contributed by atoms with Gasteiger partial charge in [-0.3, -0.25) is 0 Å². The second-order valence-electron chi connectivity index (χ2n) is 6.64. The molecule has 0 unspecified atom stereocenters. The fourth-order valence-corrected chi connectivity index (χ4v) is 4.08. The number of fused-ring (bicyclic) bond motifs is 1. The number of benzene rings is 2. The van der Waals surface area contributed by atoms with Crippen molar-refractivity contribution in [3.63, 3.8) is 0 Å². The molecule has 2 aromatic carbocycles. The molecule has 1 aliphatic heterocycles. The van der Waals surface area contributed by atoms with Gasteiger partial charge in [0.2, 0.25) is 0 Å². The van der Waals surface area contributed by atoms with Gasteiger partial charge in [0.25, 0.3) is 0 Å². The Balaban J connectivity index is 1.72. The summed E-state index contributed by atoms with van der Waals surface area (Å²) >= 11 is 1.47. The average molecular weight is 388 g/mol. The highest BCUT2D eigenvalue weighted by molar-refractivity contribution is 7.11. The van der Waals surface area contributed by atoms with Crippen molar-refractivity contribution >= 4 is 23.0 Å². The molecule has 0 amide bonds. The van der Waals surface area contributed by atoms with E-state index in [1.807, 2.05) is 60.8 Å². The van der Waals surface area contributed by atoms with Crippen LogP contribution in [0.2, 0.25) is 0 Å². The number of hydrogen-bond donors (Lipinski definition) is 0. The highest BCUT2D eigenvalue weighted by Gasteiger charge is 2.22. The highest BCUT2D eigenvalue weighted by Crippen LogP contribution is 2.37. The standard InChI is InChI=1S/C23H20N2O2S/c1-3-26-21-11-17-9-15(2)27-22(17)12-18(21)10-19(13-24)23-25-20(14-28-23)16-7-5-4-6-8-16/h4-8,10-12,14-15H,3,9H2,1-2H3/b19-10+/t15-/m1/s1. The topological polar surface area (TPSA) is 55.1 Å². The summed E-state index contributed by atoms with van der Waals surface area (Å²) in [6.45, 7) is 4.57. The lowest BCUT2D eigenvalue weighted by molar-refractivity contribution is 0.254. The molecular weight excluding hydrogens is 368 g/mol. The number of allylic oxidation sites excluding steroid dienone is 1. The molecule has 2 heterocycles. The number of hydrogen-bond acceptors (Lipinski definition) is 5. The molecule has 1 atom stereocenters. The predicted octanol–water partition coefficient (Wildman–Crippen LogP) is 5.60. The zero-order chi connectivity index (χ0) is 19.5. The molecule has 0 fully saturated rings. The summed E-state index contributed by atoms with van der Waals surface area (Å²) in [7, 11) is 0. The Bertz CT molecular complexity index is 1060. The summed E-state index contributed by atoms with van der Waals surface area (Å²) < 4.78 is 11.7. The number of aromatic nitrogens is 1. The number of ether oxygens (including phenoxy) is 2. The lowest BCUT2D eigenvalue weighted by Crippen LogP contribution is -2.05. The summed E-state index contributed by atoms with van der Waals surface area (Å²) in [5, 5.41) is 12.4. The first-order chi connectivity index (χ1) is 13.7. The van der Waals surface area contributed by atoms with Crippen molar-refractivity contribution in [3.8, 4) is 28.8 Å². The van der Waals surface area contributed by atoms with E-state index in [0.717, 1.165) is 40.3 Å². The Morgan fingerprint density at radius 2 is 2.18 bits per heavy atom. The van der Waals surface area contributed by atoms with Gasteiger partial charge in [-0.05, 0) is 32.1 Å². The molecule has 28 heavy (non-hydrogen) atoms. The van der Waals surface area contributed by atoms with E-state index >= 15 is 0 Å². The second kappa shape index (κ2) is 7.87. The zero-order valence-electron chi connectivity index (χ0n) is 15.8. The van der Waals surface area contributed by atoms with Crippen LogP contribution in [0.4, 0.5) is 0 Å². The van der Waals surface area contributed by atoms with Gasteiger partial charge < -0.3 is 9.47 Å². The smallest absolute Gasteiger partial charge is 0.134 e. The maximum atomic E-state index is 9.75. The van der Waals surface area contributed by atoms with Crippen LogP contribution >= 0.6 is 11.3 Å². The molecule has 0 spiro atoms. The molecular formula is C23H20N2O2S. The summed E-state index contributed by atoms with van der Waals surface area (Å²) in [5.74, 6) is 1.63. The lowest BCUT2D eigenvalue weighted by Gasteiger charge is -2.10. The fraction of sp³-hybridized carbons (Fsp3) is 0.217. The molecule has 1 aliphatic rings. The SMILES string of the molecule is CCOc1cc2c(cc1/C=C(\C#N)c1nc(-c3ccccc3)cs1)O[C@H](C)C2. The van der Waals surface area contributed by atoms with E-state index in [1.165, 1.54) is 11.3 Å². The molecule has 4 rings (SSSR count). The van der Waals surface area contributed by atoms with E-state index in [0.29, 0.717) is 17.2 Å². The van der Waals surface area contributed by atoms with Gasteiger partial charge in [-0.2, -0.15) is 5.26 Å². The van der Waals surface area contributed by atoms with Crippen molar-refractivity contribution in [1.29, 1.82) is 5.26 Å².